The Morgan fingerprint density at radius 2 is 1.69 bits per heavy atom. The third-order valence-electron chi connectivity index (χ3n) is 4.00. The average Bonchev–Trinajstić information content (AvgIpc) is 2.57. The lowest BCUT2D eigenvalue weighted by Crippen LogP contribution is -2.48. The normalized spacial score (nSPS) is 12.5. The molecule has 0 aromatic heterocycles. The van der Waals surface area contributed by atoms with Crippen LogP contribution in [0.5, 0.6) is 0 Å². The highest BCUT2D eigenvalue weighted by atomic mass is 32.2. The molecule has 0 aliphatic carbocycles. The van der Waals surface area contributed by atoms with Crippen molar-refractivity contribution in [3.05, 3.63) is 65.5 Å². The quantitative estimate of drug-likeness (QED) is 0.805. The summed E-state index contributed by atoms with van der Waals surface area (Å²) < 4.78 is 38.4. The van der Waals surface area contributed by atoms with Crippen molar-refractivity contribution in [2.75, 3.05) is 17.1 Å². The highest BCUT2D eigenvalue weighted by molar-refractivity contribution is 7.92. The van der Waals surface area contributed by atoms with Crippen molar-refractivity contribution in [3.63, 3.8) is 0 Å². The number of carbonyl (C=O) groups excluding carboxylic acids is 1. The largest absolute Gasteiger partial charge is 0.354 e. The summed E-state index contributed by atoms with van der Waals surface area (Å²) in [6.45, 7) is 3.79. The second kappa shape index (κ2) is 8.31. The fraction of sp³-hybridized carbons (Fsp3) is 0.316. The minimum atomic E-state index is -3.63. The van der Waals surface area contributed by atoms with E-state index in [9.17, 15) is 17.6 Å². The Balaban J connectivity index is 2.05. The lowest BCUT2D eigenvalue weighted by Gasteiger charge is -2.28. The topological polar surface area (TPSA) is 66.5 Å². The molecule has 0 fully saturated rings. The van der Waals surface area contributed by atoms with Gasteiger partial charge in [0.25, 0.3) is 0 Å². The summed E-state index contributed by atoms with van der Waals surface area (Å²) >= 11 is 0. The van der Waals surface area contributed by atoms with Gasteiger partial charge in [0.05, 0.1) is 11.9 Å². The van der Waals surface area contributed by atoms with Crippen LogP contribution in [-0.4, -0.2) is 33.2 Å². The highest BCUT2D eigenvalue weighted by Crippen LogP contribution is 2.21. The molecule has 0 spiro atoms. The summed E-state index contributed by atoms with van der Waals surface area (Å²) in [5.41, 5.74) is 2.33. The summed E-state index contributed by atoms with van der Waals surface area (Å²) in [7, 11) is -3.63. The first-order valence-electron chi connectivity index (χ1n) is 8.26. The highest BCUT2D eigenvalue weighted by Gasteiger charge is 2.28. The molecule has 5 nitrogen and oxygen atoms in total. The van der Waals surface area contributed by atoms with Crippen LogP contribution in [0.4, 0.5) is 10.1 Å². The number of nitrogens with zero attached hydrogens (tertiary/aromatic N) is 1. The monoisotopic (exact) mass is 378 g/mol. The number of carbonyl (C=O) groups is 1. The van der Waals surface area contributed by atoms with E-state index in [4.69, 9.17) is 0 Å². The van der Waals surface area contributed by atoms with Crippen molar-refractivity contribution in [1.29, 1.82) is 0 Å². The molecule has 140 valence electrons. The van der Waals surface area contributed by atoms with Crippen LogP contribution < -0.4 is 9.62 Å². The molecule has 2 rings (SSSR count). The zero-order valence-corrected chi connectivity index (χ0v) is 15.9. The van der Waals surface area contributed by atoms with Crippen molar-refractivity contribution < 1.29 is 17.6 Å². The van der Waals surface area contributed by atoms with Gasteiger partial charge in [0, 0.05) is 6.54 Å². The molecule has 26 heavy (non-hydrogen) atoms. The molecular weight excluding hydrogens is 355 g/mol. The molecule has 0 saturated heterocycles. The van der Waals surface area contributed by atoms with Gasteiger partial charge in [0.2, 0.25) is 15.9 Å². The van der Waals surface area contributed by atoms with Crippen molar-refractivity contribution >= 4 is 21.6 Å². The number of hydrogen-bond acceptors (Lipinski definition) is 3. The first-order valence-corrected chi connectivity index (χ1v) is 10.1. The number of rotatable bonds is 7. The van der Waals surface area contributed by atoms with Crippen molar-refractivity contribution in [2.45, 2.75) is 26.3 Å². The van der Waals surface area contributed by atoms with Crippen LogP contribution in [-0.2, 0) is 21.2 Å². The van der Waals surface area contributed by atoms with E-state index in [1.165, 1.54) is 12.1 Å². The lowest BCUT2D eigenvalue weighted by atomic mass is 10.1. The second-order valence-corrected chi connectivity index (χ2v) is 8.10. The maximum absolute atomic E-state index is 12.9. The Morgan fingerprint density at radius 1 is 1.12 bits per heavy atom. The summed E-state index contributed by atoms with van der Waals surface area (Å²) in [6.07, 6.45) is 1.61. The minimum Gasteiger partial charge on any atom is -0.354 e. The third-order valence-corrected chi connectivity index (χ3v) is 5.24. The molecule has 0 aliphatic rings. The molecule has 1 atom stereocenters. The van der Waals surface area contributed by atoms with E-state index < -0.39 is 22.0 Å². The van der Waals surface area contributed by atoms with Crippen LogP contribution in [0.2, 0.25) is 0 Å². The Hall–Kier alpha value is -2.41. The van der Waals surface area contributed by atoms with Gasteiger partial charge in [-0.3, -0.25) is 9.10 Å². The van der Waals surface area contributed by atoms with Gasteiger partial charge in [-0.2, -0.15) is 0 Å². The Morgan fingerprint density at radius 3 is 2.23 bits per heavy atom. The molecule has 0 heterocycles. The van der Waals surface area contributed by atoms with Gasteiger partial charge in [-0.05, 0) is 50.1 Å². The van der Waals surface area contributed by atoms with Crippen LogP contribution in [0, 0.1) is 12.7 Å². The van der Waals surface area contributed by atoms with Gasteiger partial charge in [-0.1, -0.05) is 29.8 Å². The standard InChI is InChI=1S/C19H23FN2O3S/c1-14-4-10-18(11-5-14)22(26(3,24)25)15(2)19(23)21-13-12-16-6-8-17(20)9-7-16/h4-11,15H,12-13H2,1-3H3,(H,21,23)/t15-/m0/s1. The Kier molecular flexibility index (Phi) is 6.37. The maximum Gasteiger partial charge on any atom is 0.243 e. The Labute approximate surface area is 153 Å². The molecule has 0 radical (unpaired) electrons. The lowest BCUT2D eigenvalue weighted by molar-refractivity contribution is -0.121. The van der Waals surface area contributed by atoms with E-state index in [0.29, 0.717) is 18.7 Å². The molecule has 2 aromatic rings. The number of halogens is 1. The van der Waals surface area contributed by atoms with Gasteiger partial charge >= 0.3 is 0 Å². The smallest absolute Gasteiger partial charge is 0.243 e. The summed E-state index contributed by atoms with van der Waals surface area (Å²) in [5.74, 6) is -0.702. The van der Waals surface area contributed by atoms with Crippen LogP contribution >= 0.6 is 0 Å². The van der Waals surface area contributed by atoms with E-state index >= 15 is 0 Å². The zero-order chi connectivity index (χ0) is 19.3. The minimum absolute atomic E-state index is 0.312. The molecule has 0 aliphatic heterocycles. The van der Waals surface area contributed by atoms with Crippen LogP contribution in [0.15, 0.2) is 48.5 Å². The SMILES string of the molecule is Cc1ccc(N([C@@H](C)C(=O)NCCc2ccc(F)cc2)S(C)(=O)=O)cc1. The summed E-state index contributed by atoms with van der Waals surface area (Å²) in [6, 6.07) is 12.1. The predicted molar refractivity (Wildman–Crippen MR) is 101 cm³/mol. The first-order chi connectivity index (χ1) is 12.2. The van der Waals surface area contributed by atoms with Gasteiger partial charge in [0.1, 0.15) is 11.9 Å². The molecule has 0 bridgehead atoms. The molecule has 0 saturated carbocycles. The molecule has 2 aromatic carbocycles. The Bertz CT molecular complexity index is 849. The molecule has 1 amide bonds. The number of hydrogen-bond donors (Lipinski definition) is 1. The van der Waals surface area contributed by atoms with Gasteiger partial charge in [-0.25, -0.2) is 12.8 Å². The molecular formula is C19H23FN2O3S. The van der Waals surface area contributed by atoms with Gasteiger partial charge < -0.3 is 5.32 Å². The van der Waals surface area contributed by atoms with Crippen LogP contribution in [0.25, 0.3) is 0 Å². The number of nitrogens with one attached hydrogen (secondary N) is 1. The predicted octanol–water partition coefficient (Wildman–Crippen LogP) is 2.65. The maximum atomic E-state index is 12.9. The molecule has 0 unspecified atom stereocenters. The number of anilines is 1. The van der Waals surface area contributed by atoms with Crippen LogP contribution in [0.3, 0.4) is 0 Å². The third kappa shape index (κ3) is 5.29. The number of amides is 1. The first kappa shape index (κ1) is 19.9. The molecule has 7 heteroatoms. The fourth-order valence-corrected chi connectivity index (χ4v) is 3.80. The van der Waals surface area contributed by atoms with E-state index in [1.807, 2.05) is 6.92 Å². The van der Waals surface area contributed by atoms with Gasteiger partial charge in [0.15, 0.2) is 0 Å². The van der Waals surface area contributed by atoms with Gasteiger partial charge in [-0.15, -0.1) is 0 Å². The van der Waals surface area contributed by atoms with E-state index in [2.05, 4.69) is 5.32 Å². The average molecular weight is 378 g/mol. The summed E-state index contributed by atoms with van der Waals surface area (Å²) in [4.78, 5) is 12.4. The number of benzene rings is 2. The fourth-order valence-electron chi connectivity index (χ4n) is 2.63. The van der Waals surface area contributed by atoms with E-state index in [-0.39, 0.29) is 5.82 Å². The van der Waals surface area contributed by atoms with Crippen LogP contribution in [0.1, 0.15) is 18.1 Å². The zero-order valence-electron chi connectivity index (χ0n) is 15.1. The van der Waals surface area contributed by atoms with Crippen molar-refractivity contribution in [2.24, 2.45) is 0 Å². The van der Waals surface area contributed by atoms with E-state index in [1.54, 1.807) is 43.3 Å². The second-order valence-electron chi connectivity index (χ2n) is 6.24. The van der Waals surface area contributed by atoms with E-state index in [0.717, 1.165) is 21.7 Å². The summed E-state index contributed by atoms with van der Waals surface area (Å²) in [5, 5.41) is 2.74. The molecule has 1 N–H and O–H groups in total. The number of sulfonamides is 1. The van der Waals surface area contributed by atoms with Crippen molar-refractivity contribution in [1.82, 2.24) is 5.32 Å². The van der Waals surface area contributed by atoms with Crippen molar-refractivity contribution in [3.8, 4) is 0 Å². The number of aryl methyl sites for hydroxylation is 1.